The monoisotopic (exact) mass is 311 g/mol. The fraction of sp³-hybridized carbons (Fsp3) is 0.625. The highest BCUT2D eigenvalue weighted by Gasteiger charge is 2.33. The zero-order chi connectivity index (χ0) is 15.5. The van der Waals surface area contributed by atoms with Gasteiger partial charge < -0.3 is 5.11 Å². The zero-order valence-corrected chi connectivity index (χ0v) is 13.6. The average molecular weight is 311 g/mol. The highest BCUT2D eigenvalue weighted by molar-refractivity contribution is 7.89. The molecule has 1 heterocycles. The number of hydrogen-bond donors (Lipinski definition) is 1. The number of piperidine rings is 1. The normalized spacial score (nSPS) is 22.1. The second-order valence-corrected chi connectivity index (χ2v) is 7.69. The molecule has 2 atom stereocenters. The molecule has 1 aliphatic rings. The van der Waals surface area contributed by atoms with Crippen molar-refractivity contribution in [1.82, 2.24) is 4.31 Å². The van der Waals surface area contributed by atoms with E-state index < -0.39 is 16.1 Å². The standard InChI is InChI=1S/C16H25NO3S/c1-3-7-15-9-4-5-11-17(15)21(19,20)16-10-6-8-14(12-16)13(2)18/h6,8,10,12-13,15,18H,3-5,7,9,11H2,1-2H3. The van der Waals surface area contributed by atoms with Crippen molar-refractivity contribution in [3.63, 3.8) is 0 Å². The summed E-state index contributed by atoms with van der Waals surface area (Å²) in [5.41, 5.74) is 0.639. The Bertz CT molecular complexity index is 567. The Morgan fingerprint density at radius 1 is 1.38 bits per heavy atom. The van der Waals surface area contributed by atoms with E-state index in [2.05, 4.69) is 6.92 Å². The van der Waals surface area contributed by atoms with Gasteiger partial charge in [-0.25, -0.2) is 8.42 Å². The first-order valence-electron chi connectivity index (χ1n) is 7.76. The van der Waals surface area contributed by atoms with E-state index in [0.717, 1.165) is 32.1 Å². The van der Waals surface area contributed by atoms with Crippen LogP contribution in [0.2, 0.25) is 0 Å². The number of nitrogens with zero attached hydrogens (tertiary/aromatic N) is 1. The van der Waals surface area contributed by atoms with E-state index in [4.69, 9.17) is 0 Å². The molecule has 1 aromatic rings. The van der Waals surface area contributed by atoms with Gasteiger partial charge in [0.05, 0.1) is 11.0 Å². The van der Waals surface area contributed by atoms with Crippen LogP contribution in [0.1, 0.15) is 57.6 Å². The molecule has 1 saturated heterocycles. The van der Waals surface area contributed by atoms with Crippen molar-refractivity contribution in [1.29, 1.82) is 0 Å². The van der Waals surface area contributed by atoms with Crippen LogP contribution in [-0.4, -0.2) is 30.4 Å². The number of hydrogen-bond acceptors (Lipinski definition) is 3. The van der Waals surface area contributed by atoms with Crippen molar-refractivity contribution < 1.29 is 13.5 Å². The van der Waals surface area contributed by atoms with Crippen molar-refractivity contribution in [3.8, 4) is 0 Å². The quantitative estimate of drug-likeness (QED) is 0.909. The number of aliphatic hydroxyl groups is 1. The van der Waals surface area contributed by atoms with Crippen molar-refractivity contribution in [3.05, 3.63) is 29.8 Å². The molecule has 0 aromatic heterocycles. The van der Waals surface area contributed by atoms with Crippen molar-refractivity contribution in [2.24, 2.45) is 0 Å². The maximum atomic E-state index is 12.9. The highest BCUT2D eigenvalue weighted by atomic mass is 32.2. The third kappa shape index (κ3) is 3.65. The van der Waals surface area contributed by atoms with E-state index in [1.807, 2.05) is 0 Å². The van der Waals surface area contributed by atoms with Crippen LogP contribution in [0.3, 0.4) is 0 Å². The summed E-state index contributed by atoms with van der Waals surface area (Å²) in [5.74, 6) is 0. The Morgan fingerprint density at radius 3 is 2.81 bits per heavy atom. The maximum Gasteiger partial charge on any atom is 0.243 e. The van der Waals surface area contributed by atoms with Crippen LogP contribution in [0, 0.1) is 0 Å². The molecule has 0 saturated carbocycles. The summed E-state index contributed by atoms with van der Waals surface area (Å²) in [6, 6.07) is 6.79. The van der Waals surface area contributed by atoms with Crippen LogP contribution in [0.25, 0.3) is 0 Å². The smallest absolute Gasteiger partial charge is 0.243 e. The Kier molecular flexibility index (Phi) is 5.41. The third-order valence-electron chi connectivity index (χ3n) is 4.14. The predicted octanol–water partition coefficient (Wildman–Crippen LogP) is 3.08. The van der Waals surface area contributed by atoms with Gasteiger partial charge in [-0.15, -0.1) is 0 Å². The van der Waals surface area contributed by atoms with Gasteiger partial charge in [-0.05, 0) is 43.9 Å². The molecule has 1 fully saturated rings. The SMILES string of the molecule is CCCC1CCCCN1S(=O)(=O)c1cccc(C(C)O)c1. The zero-order valence-electron chi connectivity index (χ0n) is 12.8. The molecule has 1 aromatic carbocycles. The Balaban J connectivity index is 2.33. The first kappa shape index (κ1) is 16.5. The second kappa shape index (κ2) is 6.90. The van der Waals surface area contributed by atoms with Gasteiger partial charge in [-0.3, -0.25) is 0 Å². The lowest BCUT2D eigenvalue weighted by molar-refractivity contribution is 0.199. The molecule has 118 valence electrons. The fourth-order valence-corrected chi connectivity index (χ4v) is 4.76. The lowest BCUT2D eigenvalue weighted by Gasteiger charge is -2.34. The molecule has 0 aliphatic carbocycles. The highest BCUT2D eigenvalue weighted by Crippen LogP contribution is 2.28. The van der Waals surface area contributed by atoms with Crippen LogP contribution in [0.4, 0.5) is 0 Å². The summed E-state index contributed by atoms with van der Waals surface area (Å²) >= 11 is 0. The molecule has 5 heteroatoms. The molecule has 4 nitrogen and oxygen atoms in total. The average Bonchev–Trinajstić information content (AvgIpc) is 2.48. The fourth-order valence-electron chi connectivity index (χ4n) is 2.98. The van der Waals surface area contributed by atoms with Gasteiger partial charge in [-0.1, -0.05) is 31.9 Å². The number of aliphatic hydroxyl groups excluding tert-OH is 1. The Morgan fingerprint density at radius 2 is 2.14 bits per heavy atom. The summed E-state index contributed by atoms with van der Waals surface area (Å²) in [6.07, 6.45) is 4.22. The van der Waals surface area contributed by atoms with E-state index in [-0.39, 0.29) is 6.04 Å². The summed E-state index contributed by atoms with van der Waals surface area (Å²) in [6.45, 7) is 4.34. The van der Waals surface area contributed by atoms with Crippen molar-refractivity contribution >= 4 is 10.0 Å². The Labute approximate surface area is 127 Å². The van der Waals surface area contributed by atoms with E-state index in [0.29, 0.717) is 17.0 Å². The topological polar surface area (TPSA) is 57.6 Å². The summed E-state index contributed by atoms with van der Waals surface area (Å²) in [4.78, 5) is 0.295. The lowest BCUT2D eigenvalue weighted by Crippen LogP contribution is -2.43. The van der Waals surface area contributed by atoms with Gasteiger partial charge in [0.15, 0.2) is 0 Å². The lowest BCUT2D eigenvalue weighted by atomic mass is 10.0. The Hall–Kier alpha value is -0.910. The number of benzene rings is 1. The van der Waals surface area contributed by atoms with Crippen LogP contribution in [0.5, 0.6) is 0 Å². The van der Waals surface area contributed by atoms with Gasteiger partial charge >= 0.3 is 0 Å². The number of rotatable bonds is 5. The van der Waals surface area contributed by atoms with Gasteiger partial charge in [0.2, 0.25) is 10.0 Å². The van der Waals surface area contributed by atoms with Crippen LogP contribution in [-0.2, 0) is 10.0 Å². The minimum absolute atomic E-state index is 0.115. The van der Waals surface area contributed by atoms with E-state index in [1.54, 1.807) is 35.5 Å². The molecular formula is C16H25NO3S. The van der Waals surface area contributed by atoms with Crippen LogP contribution in [0.15, 0.2) is 29.2 Å². The molecule has 21 heavy (non-hydrogen) atoms. The van der Waals surface area contributed by atoms with Crippen LogP contribution >= 0.6 is 0 Å². The molecule has 1 aliphatic heterocycles. The summed E-state index contributed by atoms with van der Waals surface area (Å²) < 4.78 is 27.5. The summed E-state index contributed by atoms with van der Waals surface area (Å²) in [7, 11) is -3.47. The third-order valence-corrected chi connectivity index (χ3v) is 6.09. The van der Waals surface area contributed by atoms with Gasteiger partial charge in [0, 0.05) is 12.6 Å². The van der Waals surface area contributed by atoms with Crippen LogP contribution < -0.4 is 0 Å². The van der Waals surface area contributed by atoms with Crippen molar-refractivity contribution in [2.75, 3.05) is 6.54 Å². The van der Waals surface area contributed by atoms with E-state index >= 15 is 0 Å². The first-order chi connectivity index (χ1) is 9.96. The molecule has 0 bridgehead atoms. The molecule has 2 unspecified atom stereocenters. The molecule has 1 N–H and O–H groups in total. The maximum absolute atomic E-state index is 12.9. The van der Waals surface area contributed by atoms with Gasteiger partial charge in [0.1, 0.15) is 0 Å². The molecule has 0 spiro atoms. The first-order valence-corrected chi connectivity index (χ1v) is 9.20. The number of sulfonamides is 1. The molecule has 0 amide bonds. The largest absolute Gasteiger partial charge is 0.389 e. The second-order valence-electron chi connectivity index (χ2n) is 5.80. The minimum Gasteiger partial charge on any atom is -0.389 e. The van der Waals surface area contributed by atoms with Gasteiger partial charge in [-0.2, -0.15) is 4.31 Å². The van der Waals surface area contributed by atoms with Crippen molar-refractivity contribution in [2.45, 2.75) is 63.0 Å². The van der Waals surface area contributed by atoms with Gasteiger partial charge in [0.25, 0.3) is 0 Å². The minimum atomic E-state index is -3.47. The van der Waals surface area contributed by atoms with E-state index in [9.17, 15) is 13.5 Å². The molecule has 2 rings (SSSR count). The van der Waals surface area contributed by atoms with E-state index in [1.165, 1.54) is 0 Å². The summed E-state index contributed by atoms with van der Waals surface area (Å²) in [5, 5.41) is 9.65. The predicted molar refractivity (Wildman–Crippen MR) is 83.5 cm³/mol. The molecular weight excluding hydrogens is 286 g/mol. The molecule has 0 radical (unpaired) electrons.